The van der Waals surface area contributed by atoms with Crippen molar-refractivity contribution in [2.75, 3.05) is 40.5 Å². The van der Waals surface area contributed by atoms with Gasteiger partial charge in [-0.2, -0.15) is 0 Å². The topological polar surface area (TPSA) is 74.0 Å². The molecule has 1 aliphatic heterocycles. The summed E-state index contributed by atoms with van der Waals surface area (Å²) in [5.74, 6) is 2.00. The van der Waals surface area contributed by atoms with Gasteiger partial charge in [-0.25, -0.2) is 0 Å². The summed E-state index contributed by atoms with van der Waals surface area (Å²) < 4.78 is 21.6. The van der Waals surface area contributed by atoms with Crippen molar-refractivity contribution in [3.8, 4) is 33.4 Å². The average Bonchev–Trinajstić information content (AvgIpc) is 3.43. The molecule has 1 aromatic carbocycles. The highest BCUT2D eigenvalue weighted by atomic mass is 32.1. The zero-order valence-electron chi connectivity index (χ0n) is 15.6. The van der Waals surface area contributed by atoms with Crippen LogP contribution in [0.5, 0.6) is 11.5 Å². The van der Waals surface area contributed by atoms with E-state index in [4.69, 9.17) is 18.7 Å². The second-order valence-electron chi connectivity index (χ2n) is 6.21. The van der Waals surface area contributed by atoms with E-state index in [9.17, 15) is 4.79 Å². The maximum atomic E-state index is 12.6. The van der Waals surface area contributed by atoms with Crippen LogP contribution in [0.15, 0.2) is 40.9 Å². The Morgan fingerprint density at radius 3 is 2.68 bits per heavy atom. The lowest BCUT2D eigenvalue weighted by molar-refractivity contribution is 0.0306. The van der Waals surface area contributed by atoms with Crippen LogP contribution < -0.4 is 9.47 Å². The van der Waals surface area contributed by atoms with E-state index in [1.54, 1.807) is 14.2 Å². The van der Waals surface area contributed by atoms with E-state index in [-0.39, 0.29) is 5.91 Å². The summed E-state index contributed by atoms with van der Waals surface area (Å²) in [7, 11) is 3.22. The third-order valence-electron chi connectivity index (χ3n) is 4.55. The fourth-order valence-electron chi connectivity index (χ4n) is 3.04. The van der Waals surface area contributed by atoms with Gasteiger partial charge in [-0.1, -0.05) is 5.16 Å². The molecule has 0 bridgehead atoms. The van der Waals surface area contributed by atoms with Crippen molar-refractivity contribution in [2.24, 2.45) is 0 Å². The molecule has 0 saturated carbocycles. The molecule has 0 aliphatic carbocycles. The molecule has 146 valence electrons. The minimum atomic E-state index is 0.0220. The number of carbonyl (C=O) groups is 1. The van der Waals surface area contributed by atoms with Crippen LogP contribution in [0.25, 0.3) is 21.9 Å². The number of ether oxygens (including phenoxy) is 3. The number of carbonyl (C=O) groups excluding carboxylic acids is 1. The Bertz CT molecular complexity index is 975. The van der Waals surface area contributed by atoms with E-state index in [2.05, 4.69) is 5.16 Å². The van der Waals surface area contributed by atoms with E-state index >= 15 is 0 Å². The Hall–Kier alpha value is -2.84. The van der Waals surface area contributed by atoms with Crippen molar-refractivity contribution in [2.45, 2.75) is 0 Å². The fourth-order valence-corrected chi connectivity index (χ4v) is 3.96. The second kappa shape index (κ2) is 8.04. The van der Waals surface area contributed by atoms with Gasteiger partial charge in [-0.05, 0) is 30.3 Å². The summed E-state index contributed by atoms with van der Waals surface area (Å²) in [6.45, 7) is 2.40. The standard InChI is InChI=1S/C20H20N2O5S/c1-24-13-3-4-16(25-2)14(11-13)15-12-17(27-21-15)18-5-6-19(28-18)20(23)22-7-9-26-10-8-22/h3-6,11-12H,7-10H2,1-2H3. The Balaban J connectivity index is 1.59. The molecule has 3 aromatic rings. The number of methoxy groups -OCH3 is 2. The molecular weight excluding hydrogens is 380 g/mol. The quantitative estimate of drug-likeness (QED) is 0.652. The Labute approximate surface area is 166 Å². The van der Waals surface area contributed by atoms with Gasteiger partial charge in [0.1, 0.15) is 17.2 Å². The summed E-state index contributed by atoms with van der Waals surface area (Å²) in [4.78, 5) is 16.0. The normalized spacial score (nSPS) is 14.1. The molecule has 2 aromatic heterocycles. The number of thiophene rings is 1. The minimum absolute atomic E-state index is 0.0220. The highest BCUT2D eigenvalue weighted by molar-refractivity contribution is 7.17. The summed E-state index contributed by atoms with van der Waals surface area (Å²) in [6.07, 6.45) is 0. The molecule has 3 heterocycles. The van der Waals surface area contributed by atoms with Crippen molar-refractivity contribution < 1.29 is 23.5 Å². The Morgan fingerprint density at radius 2 is 1.93 bits per heavy atom. The van der Waals surface area contributed by atoms with Gasteiger partial charge in [0.2, 0.25) is 0 Å². The summed E-state index contributed by atoms with van der Waals surface area (Å²) >= 11 is 1.39. The number of hydrogen-bond donors (Lipinski definition) is 0. The molecule has 0 atom stereocenters. The highest BCUT2D eigenvalue weighted by Gasteiger charge is 2.21. The van der Waals surface area contributed by atoms with E-state index in [0.29, 0.717) is 54.1 Å². The minimum Gasteiger partial charge on any atom is -0.497 e. The highest BCUT2D eigenvalue weighted by Crippen LogP contribution is 2.36. The van der Waals surface area contributed by atoms with Crippen LogP contribution in [0, 0.1) is 0 Å². The zero-order valence-corrected chi connectivity index (χ0v) is 16.5. The SMILES string of the molecule is COc1ccc(OC)c(-c2cc(-c3ccc(C(=O)N4CCOCC4)s3)on2)c1. The van der Waals surface area contributed by atoms with E-state index in [1.165, 1.54) is 11.3 Å². The number of nitrogens with zero attached hydrogens (tertiary/aromatic N) is 2. The maximum Gasteiger partial charge on any atom is 0.264 e. The van der Waals surface area contributed by atoms with Gasteiger partial charge in [0.25, 0.3) is 5.91 Å². The molecule has 0 spiro atoms. The largest absolute Gasteiger partial charge is 0.497 e. The summed E-state index contributed by atoms with van der Waals surface area (Å²) in [5.41, 5.74) is 1.42. The van der Waals surface area contributed by atoms with Crippen molar-refractivity contribution in [1.82, 2.24) is 10.1 Å². The third kappa shape index (κ3) is 3.61. The second-order valence-corrected chi connectivity index (χ2v) is 7.29. The molecule has 0 N–H and O–H groups in total. The van der Waals surface area contributed by atoms with Crippen LogP contribution >= 0.6 is 11.3 Å². The number of aromatic nitrogens is 1. The first-order valence-electron chi connectivity index (χ1n) is 8.86. The van der Waals surface area contributed by atoms with E-state index < -0.39 is 0 Å². The van der Waals surface area contributed by atoms with Crippen LogP contribution in [-0.2, 0) is 4.74 Å². The number of rotatable bonds is 5. The van der Waals surface area contributed by atoms with Crippen LogP contribution in [0.4, 0.5) is 0 Å². The average molecular weight is 400 g/mol. The van der Waals surface area contributed by atoms with E-state index in [1.807, 2.05) is 41.3 Å². The molecule has 28 heavy (non-hydrogen) atoms. The number of benzene rings is 1. The molecule has 1 fully saturated rings. The molecule has 1 aliphatic rings. The molecular formula is C20H20N2O5S. The zero-order chi connectivity index (χ0) is 19.5. The lowest BCUT2D eigenvalue weighted by Crippen LogP contribution is -2.40. The van der Waals surface area contributed by atoms with Gasteiger partial charge in [-0.15, -0.1) is 11.3 Å². The molecule has 1 saturated heterocycles. The lowest BCUT2D eigenvalue weighted by atomic mass is 10.1. The van der Waals surface area contributed by atoms with Gasteiger partial charge >= 0.3 is 0 Å². The Morgan fingerprint density at radius 1 is 1.11 bits per heavy atom. The van der Waals surface area contributed by atoms with Gasteiger partial charge in [0, 0.05) is 24.7 Å². The van der Waals surface area contributed by atoms with Gasteiger partial charge in [-0.3, -0.25) is 4.79 Å². The Kier molecular flexibility index (Phi) is 5.31. The van der Waals surface area contributed by atoms with Crippen molar-refractivity contribution in [3.05, 3.63) is 41.3 Å². The van der Waals surface area contributed by atoms with Gasteiger partial charge in [0.05, 0.1) is 37.2 Å². The third-order valence-corrected chi connectivity index (χ3v) is 5.64. The van der Waals surface area contributed by atoms with Crippen LogP contribution in [-0.4, -0.2) is 56.5 Å². The first-order valence-corrected chi connectivity index (χ1v) is 9.67. The van der Waals surface area contributed by atoms with Crippen LogP contribution in [0.1, 0.15) is 9.67 Å². The molecule has 4 rings (SSSR count). The van der Waals surface area contributed by atoms with Crippen molar-refractivity contribution >= 4 is 17.2 Å². The van der Waals surface area contributed by atoms with Crippen molar-refractivity contribution in [3.63, 3.8) is 0 Å². The molecule has 0 radical (unpaired) electrons. The smallest absolute Gasteiger partial charge is 0.264 e. The monoisotopic (exact) mass is 400 g/mol. The summed E-state index contributed by atoms with van der Waals surface area (Å²) in [6, 6.07) is 11.0. The fraction of sp³-hybridized carbons (Fsp3) is 0.300. The first kappa shape index (κ1) is 18.5. The van der Waals surface area contributed by atoms with Gasteiger partial charge < -0.3 is 23.6 Å². The maximum absolute atomic E-state index is 12.6. The molecule has 0 unspecified atom stereocenters. The van der Waals surface area contributed by atoms with Crippen molar-refractivity contribution in [1.29, 1.82) is 0 Å². The van der Waals surface area contributed by atoms with Crippen LogP contribution in [0.3, 0.4) is 0 Å². The number of hydrogen-bond acceptors (Lipinski definition) is 7. The number of morpholine rings is 1. The van der Waals surface area contributed by atoms with Gasteiger partial charge in [0.15, 0.2) is 5.76 Å². The predicted octanol–water partition coefficient (Wildman–Crippen LogP) is 3.56. The molecule has 1 amide bonds. The lowest BCUT2D eigenvalue weighted by Gasteiger charge is -2.26. The molecule has 8 heteroatoms. The predicted molar refractivity (Wildman–Crippen MR) is 105 cm³/mol. The first-order chi connectivity index (χ1) is 13.7. The molecule has 7 nitrogen and oxygen atoms in total. The van der Waals surface area contributed by atoms with Crippen LogP contribution in [0.2, 0.25) is 0 Å². The van der Waals surface area contributed by atoms with E-state index in [0.717, 1.165) is 10.4 Å². The summed E-state index contributed by atoms with van der Waals surface area (Å²) in [5, 5.41) is 4.18. The number of amides is 1.